The number of hydrogen-bond donors (Lipinski definition) is 1. The molecule has 6 heteroatoms. The third-order valence-corrected chi connectivity index (χ3v) is 4.70. The minimum atomic E-state index is 0.404. The summed E-state index contributed by atoms with van der Waals surface area (Å²) >= 11 is 0. The van der Waals surface area contributed by atoms with E-state index >= 15 is 0 Å². The van der Waals surface area contributed by atoms with Crippen molar-refractivity contribution < 1.29 is 9.47 Å². The van der Waals surface area contributed by atoms with Crippen LogP contribution in [0.5, 0.6) is 11.5 Å². The molecule has 0 unspecified atom stereocenters. The normalized spacial score (nSPS) is 17.3. The van der Waals surface area contributed by atoms with Crippen molar-refractivity contribution >= 4 is 5.82 Å². The Labute approximate surface area is 155 Å². The van der Waals surface area contributed by atoms with E-state index in [1.54, 1.807) is 14.2 Å². The lowest BCUT2D eigenvalue weighted by atomic mass is 10.2. The first-order valence-electron chi connectivity index (χ1n) is 9.15. The SMILES string of the molecule is CCc1cc(N[C@H]2CCN(Cc3cc(OC)cc(OC)c3)C2)nc(C)n1. The molecule has 1 N–H and O–H groups in total. The third-order valence-electron chi connectivity index (χ3n) is 4.70. The molecule has 0 radical (unpaired) electrons. The van der Waals surface area contributed by atoms with Crippen LogP contribution in [-0.2, 0) is 13.0 Å². The zero-order valence-electron chi connectivity index (χ0n) is 16.1. The van der Waals surface area contributed by atoms with Crippen LogP contribution >= 0.6 is 0 Å². The molecule has 1 aliphatic rings. The molecule has 0 aliphatic carbocycles. The van der Waals surface area contributed by atoms with Crippen molar-refractivity contribution in [1.82, 2.24) is 14.9 Å². The van der Waals surface area contributed by atoms with Crippen LogP contribution in [0.25, 0.3) is 0 Å². The van der Waals surface area contributed by atoms with Gasteiger partial charge in [-0.15, -0.1) is 0 Å². The van der Waals surface area contributed by atoms with E-state index in [2.05, 4.69) is 45.3 Å². The predicted octanol–water partition coefficient (Wildman–Crippen LogP) is 3.05. The van der Waals surface area contributed by atoms with Crippen LogP contribution in [0.1, 0.15) is 30.4 Å². The topological polar surface area (TPSA) is 59.5 Å². The number of aromatic nitrogens is 2. The molecule has 2 aromatic rings. The van der Waals surface area contributed by atoms with Crippen LogP contribution < -0.4 is 14.8 Å². The second-order valence-corrected chi connectivity index (χ2v) is 6.73. The number of nitrogens with one attached hydrogen (secondary N) is 1. The smallest absolute Gasteiger partial charge is 0.130 e. The summed E-state index contributed by atoms with van der Waals surface area (Å²) in [6.45, 7) is 6.99. The Morgan fingerprint density at radius 3 is 2.50 bits per heavy atom. The molecule has 0 spiro atoms. The van der Waals surface area contributed by atoms with Gasteiger partial charge in [-0.05, 0) is 37.5 Å². The number of hydrogen-bond acceptors (Lipinski definition) is 6. The molecule has 6 nitrogen and oxygen atoms in total. The molecular weight excluding hydrogens is 328 g/mol. The monoisotopic (exact) mass is 356 g/mol. The highest BCUT2D eigenvalue weighted by atomic mass is 16.5. The van der Waals surface area contributed by atoms with Crippen LogP contribution in [0, 0.1) is 6.92 Å². The van der Waals surface area contributed by atoms with Crippen molar-refractivity contribution in [2.24, 2.45) is 0 Å². The van der Waals surface area contributed by atoms with E-state index < -0.39 is 0 Å². The Balaban J connectivity index is 1.61. The Hall–Kier alpha value is -2.34. The first-order valence-corrected chi connectivity index (χ1v) is 9.15. The number of rotatable bonds is 7. The van der Waals surface area contributed by atoms with Crippen molar-refractivity contribution in [3.63, 3.8) is 0 Å². The zero-order valence-corrected chi connectivity index (χ0v) is 16.1. The Morgan fingerprint density at radius 2 is 1.85 bits per heavy atom. The number of aryl methyl sites for hydroxylation is 2. The van der Waals surface area contributed by atoms with E-state index in [0.717, 1.165) is 61.3 Å². The van der Waals surface area contributed by atoms with Crippen molar-refractivity contribution in [3.05, 3.63) is 41.3 Å². The fourth-order valence-electron chi connectivity index (χ4n) is 3.40. The molecule has 3 rings (SSSR count). The molecule has 1 aromatic heterocycles. The second kappa shape index (κ2) is 8.36. The first-order chi connectivity index (χ1) is 12.6. The Kier molecular flexibility index (Phi) is 5.93. The second-order valence-electron chi connectivity index (χ2n) is 6.73. The molecule has 1 fully saturated rings. The van der Waals surface area contributed by atoms with Crippen molar-refractivity contribution in [3.8, 4) is 11.5 Å². The van der Waals surface area contributed by atoms with Gasteiger partial charge in [0, 0.05) is 43.5 Å². The lowest BCUT2D eigenvalue weighted by molar-refractivity contribution is 0.326. The number of benzene rings is 1. The highest BCUT2D eigenvalue weighted by Gasteiger charge is 2.23. The summed E-state index contributed by atoms with van der Waals surface area (Å²) in [6, 6.07) is 8.51. The van der Waals surface area contributed by atoms with Gasteiger partial charge in [-0.3, -0.25) is 4.90 Å². The van der Waals surface area contributed by atoms with Crippen molar-refractivity contribution in [1.29, 1.82) is 0 Å². The number of ether oxygens (including phenoxy) is 2. The molecule has 2 heterocycles. The fourth-order valence-corrected chi connectivity index (χ4v) is 3.40. The summed E-state index contributed by atoms with van der Waals surface area (Å²) in [6.07, 6.45) is 2.03. The predicted molar refractivity (Wildman–Crippen MR) is 103 cm³/mol. The van der Waals surface area contributed by atoms with Crippen LogP contribution in [0.4, 0.5) is 5.82 Å². The molecule has 1 aromatic carbocycles. The maximum absolute atomic E-state index is 5.37. The van der Waals surface area contributed by atoms with Gasteiger partial charge >= 0.3 is 0 Å². The minimum absolute atomic E-state index is 0.404. The highest BCUT2D eigenvalue weighted by Crippen LogP contribution is 2.25. The average Bonchev–Trinajstić information content (AvgIpc) is 3.07. The number of nitrogens with zero attached hydrogens (tertiary/aromatic N) is 3. The molecule has 0 bridgehead atoms. The van der Waals surface area contributed by atoms with Crippen molar-refractivity contribution in [2.75, 3.05) is 32.6 Å². The standard InChI is InChI=1S/C20H28N4O2/c1-5-16-10-20(22-14(2)21-16)23-17-6-7-24(13-17)12-15-8-18(25-3)11-19(9-15)26-4/h8-11,17H,5-7,12-13H2,1-4H3,(H,21,22,23)/t17-/m0/s1. The summed E-state index contributed by atoms with van der Waals surface area (Å²) in [4.78, 5) is 11.4. The van der Waals surface area contributed by atoms with Gasteiger partial charge in [-0.1, -0.05) is 6.92 Å². The fraction of sp³-hybridized carbons (Fsp3) is 0.500. The van der Waals surface area contributed by atoms with Gasteiger partial charge in [-0.2, -0.15) is 0 Å². The number of likely N-dealkylation sites (tertiary alicyclic amines) is 1. The molecule has 0 amide bonds. The summed E-state index contributed by atoms with van der Waals surface area (Å²) in [5, 5.41) is 3.58. The van der Waals surface area contributed by atoms with Gasteiger partial charge in [0.15, 0.2) is 0 Å². The lowest BCUT2D eigenvalue weighted by Gasteiger charge is -2.18. The van der Waals surface area contributed by atoms with Crippen LogP contribution in [0.15, 0.2) is 24.3 Å². The summed E-state index contributed by atoms with van der Waals surface area (Å²) in [5.74, 6) is 3.42. The van der Waals surface area contributed by atoms with Gasteiger partial charge in [0.1, 0.15) is 23.1 Å². The molecule has 1 aliphatic heterocycles. The van der Waals surface area contributed by atoms with E-state index in [-0.39, 0.29) is 0 Å². The zero-order chi connectivity index (χ0) is 18.5. The van der Waals surface area contributed by atoms with E-state index in [4.69, 9.17) is 9.47 Å². The summed E-state index contributed by atoms with van der Waals surface area (Å²) < 4.78 is 10.7. The Morgan fingerprint density at radius 1 is 1.12 bits per heavy atom. The van der Waals surface area contributed by atoms with Gasteiger partial charge < -0.3 is 14.8 Å². The van der Waals surface area contributed by atoms with E-state index in [9.17, 15) is 0 Å². The molecule has 26 heavy (non-hydrogen) atoms. The molecule has 1 atom stereocenters. The van der Waals surface area contributed by atoms with Gasteiger partial charge in [0.2, 0.25) is 0 Å². The van der Waals surface area contributed by atoms with E-state index in [0.29, 0.717) is 6.04 Å². The van der Waals surface area contributed by atoms with E-state index in [1.807, 2.05) is 13.0 Å². The quantitative estimate of drug-likeness (QED) is 0.823. The van der Waals surface area contributed by atoms with Crippen LogP contribution in [-0.4, -0.2) is 48.2 Å². The maximum Gasteiger partial charge on any atom is 0.130 e. The largest absolute Gasteiger partial charge is 0.497 e. The average molecular weight is 356 g/mol. The molecule has 0 saturated carbocycles. The maximum atomic E-state index is 5.37. The summed E-state index contributed by atoms with van der Waals surface area (Å²) in [7, 11) is 3.37. The number of anilines is 1. The van der Waals surface area contributed by atoms with Gasteiger partial charge in [0.25, 0.3) is 0 Å². The van der Waals surface area contributed by atoms with Crippen LogP contribution in [0.2, 0.25) is 0 Å². The third kappa shape index (κ3) is 4.64. The number of methoxy groups -OCH3 is 2. The lowest BCUT2D eigenvalue weighted by Crippen LogP contribution is -2.26. The highest BCUT2D eigenvalue weighted by molar-refractivity contribution is 5.39. The van der Waals surface area contributed by atoms with Crippen LogP contribution in [0.3, 0.4) is 0 Å². The van der Waals surface area contributed by atoms with E-state index in [1.165, 1.54) is 5.56 Å². The first kappa shape index (κ1) is 18.5. The minimum Gasteiger partial charge on any atom is -0.497 e. The van der Waals surface area contributed by atoms with Crippen molar-refractivity contribution in [2.45, 2.75) is 39.3 Å². The molecule has 1 saturated heterocycles. The van der Waals surface area contributed by atoms with Gasteiger partial charge in [-0.25, -0.2) is 9.97 Å². The molecule has 140 valence electrons. The molecular formula is C20H28N4O2. The Bertz CT molecular complexity index is 728. The summed E-state index contributed by atoms with van der Waals surface area (Å²) in [5.41, 5.74) is 2.28. The van der Waals surface area contributed by atoms with Gasteiger partial charge in [0.05, 0.1) is 14.2 Å².